The van der Waals surface area contributed by atoms with E-state index in [1.165, 1.54) is 0 Å². The zero-order valence-corrected chi connectivity index (χ0v) is 13.5. The molecule has 0 aliphatic carbocycles. The zero-order valence-electron chi connectivity index (χ0n) is 11.8. The lowest BCUT2D eigenvalue weighted by molar-refractivity contribution is 0.399. The molecule has 1 aliphatic rings. The first kappa shape index (κ1) is 17.3. The predicted octanol–water partition coefficient (Wildman–Crippen LogP) is 3.27. The first-order chi connectivity index (χ1) is 9.58. The van der Waals surface area contributed by atoms with E-state index in [9.17, 15) is 10.2 Å². The van der Waals surface area contributed by atoms with E-state index in [2.05, 4.69) is 12.2 Å². The molecule has 0 radical (unpaired) electrons. The van der Waals surface area contributed by atoms with Gasteiger partial charge in [0.25, 0.3) is 0 Å². The van der Waals surface area contributed by atoms with Gasteiger partial charge in [0.05, 0.1) is 0 Å². The molecule has 2 aromatic rings. The van der Waals surface area contributed by atoms with Crippen molar-refractivity contribution in [1.29, 1.82) is 0 Å². The van der Waals surface area contributed by atoms with Crippen molar-refractivity contribution in [3.63, 3.8) is 0 Å². The van der Waals surface area contributed by atoms with Crippen LogP contribution < -0.4 is 5.32 Å². The molecular formula is C16H20BrNO3. The third-order valence-electron chi connectivity index (χ3n) is 3.30. The minimum Gasteiger partial charge on any atom is -0.508 e. The molecule has 1 atom stereocenters. The van der Waals surface area contributed by atoms with Crippen molar-refractivity contribution >= 4 is 17.0 Å². The van der Waals surface area contributed by atoms with Gasteiger partial charge in [-0.05, 0) is 55.3 Å². The largest absolute Gasteiger partial charge is 0.508 e. The molecule has 4 nitrogen and oxygen atoms in total. The second-order valence-corrected chi connectivity index (χ2v) is 4.80. The molecule has 0 aromatic heterocycles. The predicted molar refractivity (Wildman–Crippen MR) is 88.3 cm³/mol. The Labute approximate surface area is 134 Å². The Bertz CT molecular complexity index is 575. The summed E-state index contributed by atoms with van der Waals surface area (Å²) in [6.45, 7) is 2.98. The van der Waals surface area contributed by atoms with Gasteiger partial charge >= 0.3 is 0 Å². The first-order valence-electron chi connectivity index (χ1n) is 6.60. The van der Waals surface area contributed by atoms with Crippen molar-refractivity contribution in [1.82, 2.24) is 5.32 Å². The van der Waals surface area contributed by atoms with Crippen LogP contribution in [0.25, 0.3) is 0 Å². The summed E-state index contributed by atoms with van der Waals surface area (Å²) in [4.78, 5) is 0. The van der Waals surface area contributed by atoms with Crippen LogP contribution in [0.1, 0.15) is 24.1 Å². The summed E-state index contributed by atoms with van der Waals surface area (Å²) >= 11 is 0. The lowest BCUT2D eigenvalue weighted by atomic mass is 9.95. The summed E-state index contributed by atoms with van der Waals surface area (Å²) in [5.41, 5.74) is 2.21. The molecule has 3 rings (SSSR count). The average molecular weight is 354 g/mol. The van der Waals surface area contributed by atoms with Gasteiger partial charge in [-0.15, -0.1) is 17.0 Å². The van der Waals surface area contributed by atoms with Crippen LogP contribution in [0.2, 0.25) is 0 Å². The highest BCUT2D eigenvalue weighted by Crippen LogP contribution is 2.33. The van der Waals surface area contributed by atoms with Gasteiger partial charge in [0.15, 0.2) is 11.5 Å². The molecular weight excluding hydrogens is 334 g/mol. The van der Waals surface area contributed by atoms with Gasteiger partial charge in [0.1, 0.15) is 5.75 Å². The van der Waals surface area contributed by atoms with Crippen molar-refractivity contribution in [3.8, 4) is 17.2 Å². The normalized spacial score (nSPS) is 16.0. The van der Waals surface area contributed by atoms with Crippen molar-refractivity contribution in [2.24, 2.45) is 0 Å². The number of aromatic hydroxyl groups is 3. The Kier molecular flexibility index (Phi) is 6.52. The van der Waals surface area contributed by atoms with E-state index < -0.39 is 0 Å². The van der Waals surface area contributed by atoms with E-state index in [0.29, 0.717) is 5.75 Å². The van der Waals surface area contributed by atoms with Crippen LogP contribution >= 0.6 is 17.0 Å². The molecule has 4 N–H and O–H groups in total. The Morgan fingerprint density at radius 3 is 2.19 bits per heavy atom. The minimum atomic E-state index is -0.0331. The monoisotopic (exact) mass is 353 g/mol. The van der Waals surface area contributed by atoms with Crippen molar-refractivity contribution < 1.29 is 15.3 Å². The van der Waals surface area contributed by atoms with Gasteiger partial charge in [-0.1, -0.05) is 18.2 Å². The third kappa shape index (κ3) is 4.65. The van der Waals surface area contributed by atoms with Crippen LogP contribution in [0, 0.1) is 0 Å². The maximum Gasteiger partial charge on any atom is 0.157 e. The van der Waals surface area contributed by atoms with Crippen molar-refractivity contribution in [2.45, 2.75) is 19.4 Å². The van der Waals surface area contributed by atoms with Crippen LogP contribution in [-0.4, -0.2) is 21.9 Å². The summed E-state index contributed by atoms with van der Waals surface area (Å²) in [5, 5.41) is 30.5. The molecule has 21 heavy (non-hydrogen) atoms. The standard InChI is InChI=1S/C10H13NO2.C6H6O.BrH/c1-6-8-5-10(13)9(12)4-7(8)2-3-11-6;7-6-4-2-1-3-5-6;/h4-6,11-13H,2-3H2,1H3;1-5,7H;1H/t6-;;/m1../s1. The fraction of sp³-hybridized carbons (Fsp3) is 0.250. The molecule has 0 saturated heterocycles. The van der Waals surface area contributed by atoms with E-state index in [-0.39, 0.29) is 34.5 Å². The number of fused-ring (bicyclic) bond motifs is 1. The number of hydrogen-bond acceptors (Lipinski definition) is 4. The molecule has 0 bridgehead atoms. The minimum absolute atomic E-state index is 0. The molecule has 2 aromatic carbocycles. The topological polar surface area (TPSA) is 72.7 Å². The molecule has 0 amide bonds. The van der Waals surface area contributed by atoms with Crippen LogP contribution in [0.15, 0.2) is 42.5 Å². The van der Waals surface area contributed by atoms with Crippen LogP contribution in [0.4, 0.5) is 0 Å². The maximum absolute atomic E-state index is 9.32. The Hall–Kier alpha value is -1.72. The molecule has 0 saturated carbocycles. The van der Waals surface area contributed by atoms with E-state index >= 15 is 0 Å². The van der Waals surface area contributed by atoms with Gasteiger partial charge in [-0.25, -0.2) is 0 Å². The highest BCUT2D eigenvalue weighted by atomic mass is 79.9. The summed E-state index contributed by atoms with van der Waals surface area (Å²) in [5.74, 6) is 0.268. The van der Waals surface area contributed by atoms with Crippen LogP contribution in [-0.2, 0) is 6.42 Å². The molecule has 1 heterocycles. The van der Waals surface area contributed by atoms with Crippen LogP contribution in [0.5, 0.6) is 17.2 Å². The Morgan fingerprint density at radius 1 is 1.00 bits per heavy atom. The Balaban J connectivity index is 0.000000236. The van der Waals surface area contributed by atoms with Gasteiger partial charge in [-0.3, -0.25) is 0 Å². The second kappa shape index (κ2) is 7.90. The lowest BCUT2D eigenvalue weighted by Gasteiger charge is -2.24. The number of halogens is 1. The average Bonchev–Trinajstić information content (AvgIpc) is 2.43. The van der Waals surface area contributed by atoms with Crippen molar-refractivity contribution in [3.05, 3.63) is 53.6 Å². The highest BCUT2D eigenvalue weighted by molar-refractivity contribution is 8.93. The van der Waals surface area contributed by atoms with E-state index in [4.69, 9.17) is 5.11 Å². The molecule has 5 heteroatoms. The number of rotatable bonds is 0. The smallest absolute Gasteiger partial charge is 0.157 e. The molecule has 0 spiro atoms. The van der Waals surface area contributed by atoms with Gasteiger partial charge in [0, 0.05) is 6.04 Å². The summed E-state index contributed by atoms with van der Waals surface area (Å²) < 4.78 is 0. The quantitative estimate of drug-likeness (QED) is 0.548. The first-order valence-corrected chi connectivity index (χ1v) is 6.60. The van der Waals surface area contributed by atoms with Gasteiger partial charge in [0.2, 0.25) is 0 Å². The van der Waals surface area contributed by atoms with Crippen LogP contribution in [0.3, 0.4) is 0 Å². The van der Waals surface area contributed by atoms with E-state index in [1.54, 1.807) is 36.4 Å². The Morgan fingerprint density at radius 2 is 1.62 bits per heavy atom. The third-order valence-corrected chi connectivity index (χ3v) is 3.30. The SMILES string of the molecule is Br.C[C@H]1NCCc2cc(O)c(O)cc21.Oc1ccccc1. The fourth-order valence-electron chi connectivity index (χ4n) is 2.22. The number of hydrogen-bond donors (Lipinski definition) is 4. The summed E-state index contributed by atoms with van der Waals surface area (Å²) in [7, 11) is 0. The van der Waals surface area contributed by atoms with E-state index in [1.807, 2.05) is 6.07 Å². The fourth-order valence-corrected chi connectivity index (χ4v) is 2.22. The van der Waals surface area contributed by atoms with Gasteiger partial charge in [-0.2, -0.15) is 0 Å². The number of benzene rings is 2. The van der Waals surface area contributed by atoms with E-state index in [0.717, 1.165) is 24.1 Å². The second-order valence-electron chi connectivity index (χ2n) is 4.80. The summed E-state index contributed by atoms with van der Waals surface area (Å²) in [6, 6.07) is 12.3. The molecule has 0 fully saturated rings. The molecule has 114 valence electrons. The lowest BCUT2D eigenvalue weighted by Crippen LogP contribution is -2.27. The highest BCUT2D eigenvalue weighted by Gasteiger charge is 2.17. The maximum atomic E-state index is 9.32. The number of para-hydroxylation sites is 1. The summed E-state index contributed by atoms with van der Waals surface area (Å²) in [6.07, 6.45) is 0.910. The van der Waals surface area contributed by atoms with Gasteiger partial charge < -0.3 is 20.6 Å². The number of nitrogens with one attached hydrogen (secondary N) is 1. The zero-order chi connectivity index (χ0) is 14.5. The number of phenols is 3. The molecule has 1 aliphatic heterocycles. The number of phenolic OH excluding ortho intramolecular Hbond substituents is 3. The van der Waals surface area contributed by atoms with Crippen molar-refractivity contribution in [2.75, 3.05) is 6.54 Å². The molecule has 0 unspecified atom stereocenters.